The van der Waals surface area contributed by atoms with Crippen molar-refractivity contribution in [1.82, 2.24) is 9.88 Å². The molecule has 1 saturated carbocycles. The summed E-state index contributed by atoms with van der Waals surface area (Å²) in [4.78, 5) is 26.5. The second kappa shape index (κ2) is 12.6. The minimum Gasteiger partial charge on any atom is -0.483 e. The van der Waals surface area contributed by atoms with Gasteiger partial charge in [-0.05, 0) is 24.7 Å². The summed E-state index contributed by atoms with van der Waals surface area (Å²) in [6.45, 7) is 5.10. The number of aromatic nitrogens is 1. The van der Waals surface area contributed by atoms with Crippen molar-refractivity contribution in [3.05, 3.63) is 35.7 Å². The van der Waals surface area contributed by atoms with Crippen molar-refractivity contribution >= 4 is 29.4 Å². The number of morpholine rings is 1. The van der Waals surface area contributed by atoms with E-state index in [1.165, 1.54) is 5.56 Å². The summed E-state index contributed by atoms with van der Waals surface area (Å²) in [6.07, 6.45) is 1.81. The van der Waals surface area contributed by atoms with Gasteiger partial charge in [-0.3, -0.25) is 14.5 Å². The van der Waals surface area contributed by atoms with Gasteiger partial charge in [0.05, 0.1) is 25.0 Å². The maximum Gasteiger partial charge on any atom is 0.290 e. The van der Waals surface area contributed by atoms with Crippen molar-refractivity contribution in [2.75, 3.05) is 44.3 Å². The Balaban J connectivity index is 0.000000464. The van der Waals surface area contributed by atoms with Crippen molar-refractivity contribution in [3.63, 3.8) is 0 Å². The Morgan fingerprint density at radius 3 is 2.24 bits per heavy atom. The molecule has 5 rings (SSSR count). The van der Waals surface area contributed by atoms with Crippen molar-refractivity contribution < 1.29 is 29.6 Å². The van der Waals surface area contributed by atoms with Gasteiger partial charge < -0.3 is 25.0 Å². The van der Waals surface area contributed by atoms with Crippen LogP contribution in [-0.4, -0.2) is 89.7 Å². The van der Waals surface area contributed by atoms with Crippen LogP contribution >= 0.6 is 11.3 Å². The fraction of sp³-hybridized carbons (Fsp3) is 0.522. The van der Waals surface area contributed by atoms with E-state index in [-0.39, 0.29) is 19.0 Å². The minimum absolute atomic E-state index is 0.208. The summed E-state index contributed by atoms with van der Waals surface area (Å²) in [6, 6.07) is 10.7. The highest BCUT2D eigenvalue weighted by molar-refractivity contribution is 7.14. The van der Waals surface area contributed by atoms with Gasteiger partial charge in [0.1, 0.15) is 0 Å². The first-order valence-electron chi connectivity index (χ1n) is 11.0. The molecule has 2 aromatic rings. The first-order valence-corrected chi connectivity index (χ1v) is 11.9. The number of aliphatic hydroxyl groups excluding tert-OH is 1. The molecule has 0 unspecified atom stereocenters. The van der Waals surface area contributed by atoms with Gasteiger partial charge >= 0.3 is 0 Å². The molecule has 9 nitrogen and oxygen atoms in total. The van der Waals surface area contributed by atoms with Crippen molar-refractivity contribution in [2.45, 2.75) is 25.0 Å². The van der Waals surface area contributed by atoms with E-state index in [4.69, 9.17) is 29.5 Å². The predicted octanol–water partition coefficient (Wildman–Crippen LogP) is 2.12. The number of aliphatic hydroxyl groups is 1. The van der Waals surface area contributed by atoms with Crippen LogP contribution in [0, 0.1) is 11.8 Å². The maximum absolute atomic E-state index is 10.8. The molecule has 10 heteroatoms. The molecule has 3 aliphatic rings. The van der Waals surface area contributed by atoms with Gasteiger partial charge in [-0.25, -0.2) is 4.98 Å². The van der Waals surface area contributed by atoms with E-state index in [1.54, 1.807) is 11.3 Å². The minimum atomic E-state index is -0.250. The van der Waals surface area contributed by atoms with E-state index in [1.807, 2.05) is 6.07 Å². The van der Waals surface area contributed by atoms with Crippen LogP contribution in [0.4, 0.5) is 5.13 Å². The lowest BCUT2D eigenvalue weighted by molar-refractivity contribution is -0.123. The third-order valence-electron chi connectivity index (χ3n) is 6.46. The highest BCUT2D eigenvalue weighted by atomic mass is 32.1. The molecule has 0 spiro atoms. The molecule has 33 heavy (non-hydrogen) atoms. The van der Waals surface area contributed by atoms with Gasteiger partial charge in [0.2, 0.25) is 0 Å². The van der Waals surface area contributed by atoms with Gasteiger partial charge in [0.25, 0.3) is 12.9 Å². The SMILES string of the molecule is O=CO.O=CO.O[C@@H]1C[C@H]2CN(c3nc(-c4ccccc4)cs3)C[C@H]2C[C@H]1N1CCOCC1. The van der Waals surface area contributed by atoms with Crippen LogP contribution in [0.5, 0.6) is 0 Å². The zero-order chi connectivity index (χ0) is 23.6. The van der Waals surface area contributed by atoms with Gasteiger partial charge in [0, 0.05) is 43.2 Å². The smallest absolute Gasteiger partial charge is 0.290 e. The van der Waals surface area contributed by atoms with E-state index < -0.39 is 0 Å². The van der Waals surface area contributed by atoms with Crippen LogP contribution in [0.2, 0.25) is 0 Å². The lowest BCUT2D eigenvalue weighted by atomic mass is 9.77. The second-order valence-electron chi connectivity index (χ2n) is 8.27. The highest BCUT2D eigenvalue weighted by Crippen LogP contribution is 2.41. The molecule has 2 saturated heterocycles. The molecule has 180 valence electrons. The molecule has 4 atom stereocenters. The predicted molar refractivity (Wildman–Crippen MR) is 126 cm³/mol. The Morgan fingerprint density at radius 1 is 1.00 bits per heavy atom. The fourth-order valence-electron chi connectivity index (χ4n) is 5.02. The standard InChI is InChI=1S/C21H27N3O2S.2CH2O2/c25-20-11-17-13-24(12-16(17)10-19(20)23-6-8-26-9-7-23)21-22-18(14-27-21)15-4-2-1-3-5-15;2*2-1-3/h1-5,14,16-17,19-20,25H,6-13H2;2*1H,(H,2,3)/t16-,17+,19-,20-;;/m1../s1. The number of ether oxygens (including phenoxy) is 1. The van der Waals surface area contributed by atoms with Gasteiger partial charge in [-0.2, -0.15) is 0 Å². The normalized spacial score (nSPS) is 26.8. The number of anilines is 1. The summed E-state index contributed by atoms with van der Waals surface area (Å²) in [5, 5.41) is 27.8. The van der Waals surface area contributed by atoms with Crippen molar-refractivity contribution in [3.8, 4) is 11.3 Å². The first kappa shape index (κ1) is 25.1. The van der Waals surface area contributed by atoms with E-state index in [0.717, 1.165) is 63.1 Å². The number of thiazole rings is 1. The summed E-state index contributed by atoms with van der Waals surface area (Å²) in [5.74, 6) is 1.24. The average molecular weight is 478 g/mol. The molecule has 0 amide bonds. The molecule has 0 radical (unpaired) electrons. The molecular weight excluding hydrogens is 446 g/mol. The number of rotatable bonds is 3. The van der Waals surface area contributed by atoms with Gasteiger partial charge in [-0.15, -0.1) is 11.3 Å². The number of benzene rings is 1. The number of nitrogens with zero attached hydrogens (tertiary/aromatic N) is 3. The van der Waals surface area contributed by atoms with Crippen LogP contribution in [0.15, 0.2) is 35.7 Å². The summed E-state index contributed by atoms with van der Waals surface area (Å²) in [5.41, 5.74) is 2.25. The van der Waals surface area contributed by atoms with E-state index in [2.05, 4.69) is 39.4 Å². The molecule has 1 aromatic heterocycles. The Kier molecular flexibility index (Phi) is 9.61. The zero-order valence-corrected chi connectivity index (χ0v) is 19.2. The summed E-state index contributed by atoms with van der Waals surface area (Å²) < 4.78 is 5.49. The Hall–Kier alpha value is -2.53. The molecule has 2 aliphatic heterocycles. The maximum atomic E-state index is 10.8. The Labute approximate surface area is 197 Å². The molecule has 1 aromatic carbocycles. The number of carbonyl (C=O) groups is 2. The van der Waals surface area contributed by atoms with Crippen molar-refractivity contribution in [1.29, 1.82) is 0 Å². The Morgan fingerprint density at radius 2 is 1.61 bits per heavy atom. The quantitative estimate of drug-likeness (QED) is 0.570. The Bertz CT molecular complexity index is 855. The largest absolute Gasteiger partial charge is 0.483 e. The zero-order valence-electron chi connectivity index (χ0n) is 18.4. The van der Waals surface area contributed by atoms with Crippen LogP contribution < -0.4 is 4.90 Å². The summed E-state index contributed by atoms with van der Waals surface area (Å²) >= 11 is 1.74. The molecule has 3 heterocycles. The van der Waals surface area contributed by atoms with Crippen molar-refractivity contribution in [2.24, 2.45) is 11.8 Å². The van der Waals surface area contributed by atoms with Crippen LogP contribution in [0.25, 0.3) is 11.3 Å². The number of hydrogen-bond donors (Lipinski definition) is 3. The van der Waals surface area contributed by atoms with E-state index >= 15 is 0 Å². The number of hydrogen-bond acceptors (Lipinski definition) is 8. The number of carboxylic acid groups (broad SMARTS) is 2. The molecular formula is C23H31N3O6S. The average Bonchev–Trinajstić information content (AvgIpc) is 3.48. The monoisotopic (exact) mass is 477 g/mol. The fourth-order valence-corrected chi connectivity index (χ4v) is 5.87. The second-order valence-corrected chi connectivity index (χ2v) is 9.11. The molecule has 0 bridgehead atoms. The van der Waals surface area contributed by atoms with Crippen LogP contribution in [0.3, 0.4) is 0 Å². The topological polar surface area (TPSA) is 123 Å². The third kappa shape index (κ3) is 6.50. The first-order chi connectivity index (χ1) is 16.1. The molecule has 3 N–H and O–H groups in total. The van der Waals surface area contributed by atoms with E-state index in [0.29, 0.717) is 17.9 Å². The third-order valence-corrected chi connectivity index (χ3v) is 7.36. The van der Waals surface area contributed by atoms with Crippen LogP contribution in [-0.2, 0) is 14.3 Å². The molecule has 3 fully saturated rings. The lowest BCUT2D eigenvalue weighted by Crippen LogP contribution is -2.53. The lowest BCUT2D eigenvalue weighted by Gasteiger charge is -2.43. The number of fused-ring (bicyclic) bond motifs is 1. The molecule has 1 aliphatic carbocycles. The van der Waals surface area contributed by atoms with Gasteiger partial charge in [-0.1, -0.05) is 30.3 Å². The van der Waals surface area contributed by atoms with Gasteiger partial charge in [0.15, 0.2) is 5.13 Å². The van der Waals surface area contributed by atoms with E-state index in [9.17, 15) is 5.11 Å². The van der Waals surface area contributed by atoms with Crippen LogP contribution in [0.1, 0.15) is 12.8 Å². The summed E-state index contributed by atoms with van der Waals surface area (Å²) in [7, 11) is 0. The highest BCUT2D eigenvalue weighted by Gasteiger charge is 2.44.